The van der Waals surface area contributed by atoms with E-state index in [1.807, 2.05) is 18.2 Å². The van der Waals surface area contributed by atoms with Crippen molar-refractivity contribution in [3.63, 3.8) is 0 Å². The van der Waals surface area contributed by atoms with Gasteiger partial charge in [0.15, 0.2) is 0 Å². The standard InChI is InChI=1S/C13H19ClO4/c1-15-5-6-17-7-8-18-13-9-12(16-2)4-3-11(13)10-14/h3-4,9H,5-8,10H2,1-2H3. The molecule has 102 valence electrons. The van der Waals surface area contributed by atoms with E-state index in [4.69, 9.17) is 30.5 Å². The van der Waals surface area contributed by atoms with E-state index >= 15 is 0 Å². The molecule has 0 aliphatic heterocycles. The van der Waals surface area contributed by atoms with Crippen molar-refractivity contribution in [2.24, 2.45) is 0 Å². The average molecular weight is 275 g/mol. The molecule has 1 aromatic rings. The fourth-order valence-corrected chi connectivity index (χ4v) is 1.58. The van der Waals surface area contributed by atoms with Gasteiger partial charge in [-0.05, 0) is 6.07 Å². The smallest absolute Gasteiger partial charge is 0.127 e. The number of halogens is 1. The number of rotatable bonds is 9. The van der Waals surface area contributed by atoms with Crippen molar-refractivity contribution in [2.75, 3.05) is 40.6 Å². The minimum atomic E-state index is 0.407. The van der Waals surface area contributed by atoms with Crippen molar-refractivity contribution in [2.45, 2.75) is 5.88 Å². The molecule has 0 spiro atoms. The predicted octanol–water partition coefficient (Wildman–Crippen LogP) is 2.48. The second kappa shape index (κ2) is 9.03. The molecule has 18 heavy (non-hydrogen) atoms. The first-order valence-corrected chi connectivity index (χ1v) is 6.27. The summed E-state index contributed by atoms with van der Waals surface area (Å²) in [5.41, 5.74) is 0.939. The average Bonchev–Trinajstić information content (AvgIpc) is 2.42. The van der Waals surface area contributed by atoms with E-state index in [-0.39, 0.29) is 0 Å². The highest BCUT2D eigenvalue weighted by Gasteiger charge is 2.04. The van der Waals surface area contributed by atoms with E-state index in [1.165, 1.54) is 0 Å². The quantitative estimate of drug-likeness (QED) is 0.512. The molecule has 1 aromatic carbocycles. The van der Waals surface area contributed by atoms with Gasteiger partial charge in [0.2, 0.25) is 0 Å². The van der Waals surface area contributed by atoms with E-state index in [1.54, 1.807) is 14.2 Å². The van der Waals surface area contributed by atoms with Gasteiger partial charge < -0.3 is 18.9 Å². The number of alkyl halides is 1. The second-order valence-electron chi connectivity index (χ2n) is 3.56. The molecule has 5 heteroatoms. The van der Waals surface area contributed by atoms with Crippen LogP contribution in [0.1, 0.15) is 5.56 Å². The Morgan fingerprint density at radius 1 is 1.06 bits per heavy atom. The zero-order chi connectivity index (χ0) is 13.2. The first-order chi connectivity index (χ1) is 8.81. The van der Waals surface area contributed by atoms with E-state index in [0.29, 0.717) is 32.3 Å². The van der Waals surface area contributed by atoms with Crippen LogP contribution < -0.4 is 9.47 Å². The lowest BCUT2D eigenvalue weighted by Gasteiger charge is -2.11. The lowest BCUT2D eigenvalue weighted by atomic mass is 10.2. The molecule has 0 aromatic heterocycles. The molecule has 0 radical (unpaired) electrons. The second-order valence-corrected chi connectivity index (χ2v) is 3.83. The van der Waals surface area contributed by atoms with Crippen LogP contribution >= 0.6 is 11.6 Å². The summed E-state index contributed by atoms with van der Waals surface area (Å²) in [6.07, 6.45) is 0. The minimum absolute atomic E-state index is 0.407. The fraction of sp³-hybridized carbons (Fsp3) is 0.538. The van der Waals surface area contributed by atoms with Gasteiger partial charge in [0.05, 0.1) is 32.8 Å². The maximum atomic E-state index is 5.84. The third-order valence-corrected chi connectivity index (χ3v) is 2.62. The lowest BCUT2D eigenvalue weighted by Crippen LogP contribution is -2.10. The summed E-state index contributed by atoms with van der Waals surface area (Å²) in [6.45, 7) is 2.15. The molecule has 4 nitrogen and oxygen atoms in total. The Hall–Kier alpha value is -0.970. The number of hydrogen-bond acceptors (Lipinski definition) is 4. The largest absolute Gasteiger partial charge is 0.497 e. The van der Waals surface area contributed by atoms with Gasteiger partial charge in [-0.25, -0.2) is 0 Å². The van der Waals surface area contributed by atoms with Gasteiger partial charge in [-0.15, -0.1) is 11.6 Å². The molecule has 0 amide bonds. The van der Waals surface area contributed by atoms with Gasteiger partial charge in [0.25, 0.3) is 0 Å². The number of ether oxygens (including phenoxy) is 4. The van der Waals surface area contributed by atoms with Gasteiger partial charge in [-0.1, -0.05) is 6.07 Å². The summed E-state index contributed by atoms with van der Waals surface area (Å²) in [5.74, 6) is 1.89. The van der Waals surface area contributed by atoms with E-state index in [2.05, 4.69) is 0 Å². The Morgan fingerprint density at radius 3 is 2.50 bits per heavy atom. The highest BCUT2D eigenvalue weighted by atomic mass is 35.5. The molecule has 0 saturated carbocycles. The van der Waals surface area contributed by atoms with Crippen molar-refractivity contribution < 1.29 is 18.9 Å². The third kappa shape index (κ3) is 5.12. The Kier molecular flexibility index (Phi) is 7.57. The zero-order valence-corrected chi connectivity index (χ0v) is 11.5. The molecule has 0 saturated heterocycles. The van der Waals surface area contributed by atoms with Crippen LogP contribution in [0.4, 0.5) is 0 Å². The highest BCUT2D eigenvalue weighted by molar-refractivity contribution is 6.17. The first kappa shape index (κ1) is 15.1. The SMILES string of the molecule is COCCOCCOc1cc(OC)ccc1CCl. The molecule has 1 rings (SSSR count). The molecule has 0 fully saturated rings. The molecule has 0 heterocycles. The molecule has 0 atom stereocenters. The van der Waals surface area contributed by atoms with Crippen LogP contribution in [0.25, 0.3) is 0 Å². The molecule has 0 aliphatic carbocycles. The van der Waals surface area contributed by atoms with Crippen LogP contribution in [-0.2, 0) is 15.4 Å². The van der Waals surface area contributed by atoms with Crippen molar-refractivity contribution >= 4 is 11.6 Å². The van der Waals surface area contributed by atoms with Crippen LogP contribution in [0.2, 0.25) is 0 Å². The summed E-state index contributed by atoms with van der Waals surface area (Å²) in [5, 5.41) is 0. The summed E-state index contributed by atoms with van der Waals surface area (Å²) in [6, 6.07) is 5.58. The molecular weight excluding hydrogens is 256 g/mol. The summed E-state index contributed by atoms with van der Waals surface area (Å²) in [4.78, 5) is 0. The monoisotopic (exact) mass is 274 g/mol. The maximum absolute atomic E-state index is 5.84. The molecular formula is C13H19ClO4. The van der Waals surface area contributed by atoms with Crippen molar-refractivity contribution in [1.82, 2.24) is 0 Å². The lowest BCUT2D eigenvalue weighted by molar-refractivity contribution is 0.0543. The highest BCUT2D eigenvalue weighted by Crippen LogP contribution is 2.26. The van der Waals surface area contributed by atoms with Gasteiger partial charge in [0, 0.05) is 18.7 Å². The molecule has 0 bridgehead atoms. The van der Waals surface area contributed by atoms with Crippen molar-refractivity contribution in [3.05, 3.63) is 23.8 Å². The van der Waals surface area contributed by atoms with Gasteiger partial charge in [-0.2, -0.15) is 0 Å². The number of hydrogen-bond donors (Lipinski definition) is 0. The van der Waals surface area contributed by atoms with E-state index < -0.39 is 0 Å². The van der Waals surface area contributed by atoms with Crippen LogP contribution in [0, 0.1) is 0 Å². The van der Waals surface area contributed by atoms with Gasteiger partial charge >= 0.3 is 0 Å². The van der Waals surface area contributed by atoms with E-state index in [0.717, 1.165) is 17.1 Å². The molecule has 0 N–H and O–H groups in total. The van der Waals surface area contributed by atoms with Gasteiger partial charge in [-0.3, -0.25) is 0 Å². The first-order valence-electron chi connectivity index (χ1n) is 5.74. The summed E-state index contributed by atoms with van der Waals surface area (Å²) >= 11 is 5.84. The predicted molar refractivity (Wildman–Crippen MR) is 70.7 cm³/mol. The van der Waals surface area contributed by atoms with E-state index in [9.17, 15) is 0 Å². The minimum Gasteiger partial charge on any atom is -0.497 e. The van der Waals surface area contributed by atoms with Crippen LogP contribution in [0.15, 0.2) is 18.2 Å². The Morgan fingerprint density at radius 2 is 1.83 bits per heavy atom. The van der Waals surface area contributed by atoms with Crippen LogP contribution in [0.3, 0.4) is 0 Å². The normalized spacial score (nSPS) is 10.4. The Balaban J connectivity index is 2.39. The van der Waals surface area contributed by atoms with Crippen LogP contribution in [0.5, 0.6) is 11.5 Å². The van der Waals surface area contributed by atoms with Crippen LogP contribution in [-0.4, -0.2) is 40.6 Å². The fourth-order valence-electron chi connectivity index (χ4n) is 1.36. The Labute approximate surface area is 113 Å². The third-order valence-electron chi connectivity index (χ3n) is 2.34. The summed E-state index contributed by atoms with van der Waals surface area (Å²) < 4.78 is 20.9. The molecule has 0 aliphatic rings. The van der Waals surface area contributed by atoms with Crippen molar-refractivity contribution in [1.29, 1.82) is 0 Å². The van der Waals surface area contributed by atoms with Crippen molar-refractivity contribution in [3.8, 4) is 11.5 Å². The number of methoxy groups -OCH3 is 2. The van der Waals surface area contributed by atoms with Gasteiger partial charge in [0.1, 0.15) is 18.1 Å². The molecule has 0 unspecified atom stereocenters. The maximum Gasteiger partial charge on any atom is 0.127 e. The summed E-state index contributed by atoms with van der Waals surface area (Å²) in [7, 11) is 3.26. The Bertz CT molecular complexity index is 344. The topological polar surface area (TPSA) is 36.9 Å². The zero-order valence-electron chi connectivity index (χ0n) is 10.8. The number of benzene rings is 1.